The van der Waals surface area contributed by atoms with Gasteiger partial charge in [-0.1, -0.05) is 27.7 Å². The quantitative estimate of drug-likeness (QED) is 0.775. The van der Waals surface area contributed by atoms with E-state index in [1.54, 1.807) is 12.7 Å². The van der Waals surface area contributed by atoms with E-state index in [0.717, 1.165) is 6.54 Å². The summed E-state index contributed by atoms with van der Waals surface area (Å²) in [5.41, 5.74) is 0. The predicted molar refractivity (Wildman–Crippen MR) is 57.0 cm³/mol. The minimum atomic E-state index is 0.389. The Hall–Kier alpha value is -0.900. The first kappa shape index (κ1) is 11.2. The summed E-state index contributed by atoms with van der Waals surface area (Å²) >= 11 is 0. The summed E-state index contributed by atoms with van der Waals surface area (Å²) in [6.07, 6.45) is 3.37. The van der Waals surface area contributed by atoms with E-state index < -0.39 is 0 Å². The molecule has 1 aromatic heterocycles. The van der Waals surface area contributed by atoms with Crippen LogP contribution >= 0.6 is 0 Å². The lowest BCUT2D eigenvalue weighted by molar-refractivity contribution is 0.321. The van der Waals surface area contributed by atoms with Gasteiger partial charge in [0.1, 0.15) is 12.7 Å². The van der Waals surface area contributed by atoms with Crippen molar-refractivity contribution >= 4 is 0 Å². The second-order valence-corrected chi connectivity index (χ2v) is 4.25. The number of nitrogens with zero attached hydrogens (tertiary/aromatic N) is 3. The molecule has 0 radical (unpaired) electrons. The molecule has 0 saturated carbocycles. The SMILES string of the molecule is CC(C)NCC(C(C)C)n1cncn1. The normalized spacial score (nSPS) is 13.9. The molecule has 0 aliphatic heterocycles. The van der Waals surface area contributed by atoms with Gasteiger partial charge < -0.3 is 5.32 Å². The van der Waals surface area contributed by atoms with Crippen molar-refractivity contribution in [1.29, 1.82) is 0 Å². The molecule has 0 amide bonds. The molecule has 1 aromatic rings. The van der Waals surface area contributed by atoms with Crippen molar-refractivity contribution in [3.05, 3.63) is 12.7 Å². The van der Waals surface area contributed by atoms with Gasteiger partial charge in [0, 0.05) is 12.6 Å². The molecule has 1 heterocycles. The molecule has 1 unspecified atom stereocenters. The van der Waals surface area contributed by atoms with Gasteiger partial charge in [-0.25, -0.2) is 9.67 Å². The van der Waals surface area contributed by atoms with Crippen LogP contribution in [0.3, 0.4) is 0 Å². The highest BCUT2D eigenvalue weighted by Crippen LogP contribution is 2.14. The number of nitrogens with one attached hydrogen (secondary N) is 1. The molecule has 80 valence electrons. The van der Waals surface area contributed by atoms with E-state index in [-0.39, 0.29) is 0 Å². The summed E-state index contributed by atoms with van der Waals surface area (Å²) in [5.74, 6) is 0.558. The lowest BCUT2D eigenvalue weighted by atomic mass is 10.0. The largest absolute Gasteiger partial charge is 0.312 e. The van der Waals surface area contributed by atoms with Gasteiger partial charge in [0.15, 0.2) is 0 Å². The molecule has 1 atom stereocenters. The Bertz CT molecular complexity index is 241. The van der Waals surface area contributed by atoms with Crippen LogP contribution in [-0.4, -0.2) is 27.4 Å². The molecular weight excluding hydrogens is 176 g/mol. The summed E-state index contributed by atoms with van der Waals surface area (Å²) in [6, 6.07) is 0.902. The van der Waals surface area contributed by atoms with Gasteiger partial charge in [0.05, 0.1) is 6.04 Å². The maximum Gasteiger partial charge on any atom is 0.137 e. The Labute approximate surface area is 85.7 Å². The van der Waals surface area contributed by atoms with Crippen LogP contribution in [0.5, 0.6) is 0 Å². The minimum absolute atomic E-state index is 0.389. The zero-order valence-electron chi connectivity index (χ0n) is 9.44. The van der Waals surface area contributed by atoms with Gasteiger partial charge in [-0.2, -0.15) is 5.10 Å². The van der Waals surface area contributed by atoms with Crippen molar-refractivity contribution in [3.8, 4) is 0 Å². The minimum Gasteiger partial charge on any atom is -0.312 e. The molecule has 4 heteroatoms. The number of hydrogen-bond acceptors (Lipinski definition) is 3. The predicted octanol–water partition coefficient (Wildman–Crippen LogP) is 1.47. The lowest BCUT2D eigenvalue weighted by Crippen LogP contribution is -2.33. The van der Waals surface area contributed by atoms with E-state index in [4.69, 9.17) is 0 Å². The lowest BCUT2D eigenvalue weighted by Gasteiger charge is -2.22. The van der Waals surface area contributed by atoms with Gasteiger partial charge in [0.25, 0.3) is 0 Å². The fraction of sp³-hybridized carbons (Fsp3) is 0.800. The van der Waals surface area contributed by atoms with E-state index in [2.05, 4.69) is 43.1 Å². The smallest absolute Gasteiger partial charge is 0.137 e. The molecule has 0 aromatic carbocycles. The summed E-state index contributed by atoms with van der Waals surface area (Å²) in [7, 11) is 0. The van der Waals surface area contributed by atoms with E-state index in [1.165, 1.54) is 0 Å². The number of rotatable bonds is 5. The highest BCUT2D eigenvalue weighted by atomic mass is 15.3. The average molecular weight is 196 g/mol. The first-order valence-corrected chi connectivity index (χ1v) is 5.18. The average Bonchev–Trinajstić information content (AvgIpc) is 2.56. The Balaban J connectivity index is 2.57. The molecule has 0 fully saturated rings. The molecule has 1 rings (SSSR count). The summed E-state index contributed by atoms with van der Waals surface area (Å²) in [4.78, 5) is 3.98. The Morgan fingerprint density at radius 2 is 2.00 bits per heavy atom. The van der Waals surface area contributed by atoms with Crippen molar-refractivity contribution in [1.82, 2.24) is 20.1 Å². The van der Waals surface area contributed by atoms with Crippen molar-refractivity contribution in [2.75, 3.05) is 6.54 Å². The van der Waals surface area contributed by atoms with Crippen LogP contribution in [0.25, 0.3) is 0 Å². The second kappa shape index (κ2) is 5.10. The highest BCUT2D eigenvalue weighted by molar-refractivity contribution is 4.74. The van der Waals surface area contributed by atoms with Gasteiger partial charge in [0.2, 0.25) is 0 Å². The van der Waals surface area contributed by atoms with Crippen molar-refractivity contribution < 1.29 is 0 Å². The van der Waals surface area contributed by atoms with Crippen LogP contribution in [0, 0.1) is 5.92 Å². The monoisotopic (exact) mass is 196 g/mol. The Kier molecular flexibility index (Phi) is 4.07. The van der Waals surface area contributed by atoms with Crippen LogP contribution < -0.4 is 5.32 Å². The van der Waals surface area contributed by atoms with Crippen molar-refractivity contribution in [3.63, 3.8) is 0 Å². The van der Waals surface area contributed by atoms with E-state index >= 15 is 0 Å². The van der Waals surface area contributed by atoms with Crippen LogP contribution in [0.2, 0.25) is 0 Å². The molecule has 0 aliphatic carbocycles. The molecule has 0 spiro atoms. The van der Waals surface area contributed by atoms with Gasteiger partial charge in [-0.15, -0.1) is 0 Å². The zero-order valence-corrected chi connectivity index (χ0v) is 9.44. The molecule has 0 saturated heterocycles. The van der Waals surface area contributed by atoms with E-state index in [9.17, 15) is 0 Å². The van der Waals surface area contributed by atoms with Crippen LogP contribution in [0.1, 0.15) is 33.7 Å². The maximum atomic E-state index is 4.18. The van der Waals surface area contributed by atoms with Crippen LogP contribution in [0.15, 0.2) is 12.7 Å². The standard InChI is InChI=1S/C10H20N4/c1-8(2)10(5-12-9(3)4)14-7-11-6-13-14/h6-10,12H,5H2,1-4H3. The van der Waals surface area contributed by atoms with Crippen molar-refractivity contribution in [2.45, 2.75) is 39.8 Å². The molecule has 4 nitrogen and oxygen atoms in total. The molecule has 0 aliphatic rings. The van der Waals surface area contributed by atoms with Crippen LogP contribution in [-0.2, 0) is 0 Å². The summed E-state index contributed by atoms with van der Waals surface area (Å²) in [6.45, 7) is 9.65. The first-order chi connectivity index (χ1) is 6.61. The fourth-order valence-corrected chi connectivity index (χ4v) is 1.38. The number of hydrogen-bond donors (Lipinski definition) is 1. The topological polar surface area (TPSA) is 42.7 Å². The van der Waals surface area contributed by atoms with Gasteiger partial charge in [-0.3, -0.25) is 0 Å². The van der Waals surface area contributed by atoms with Crippen molar-refractivity contribution in [2.24, 2.45) is 5.92 Å². The molecule has 1 N–H and O–H groups in total. The maximum absolute atomic E-state index is 4.18. The third-order valence-electron chi connectivity index (χ3n) is 2.28. The second-order valence-electron chi connectivity index (χ2n) is 4.25. The molecule has 14 heavy (non-hydrogen) atoms. The molecular formula is C10H20N4. The highest BCUT2D eigenvalue weighted by Gasteiger charge is 2.15. The number of aromatic nitrogens is 3. The third kappa shape index (κ3) is 3.10. The Morgan fingerprint density at radius 1 is 1.29 bits per heavy atom. The van der Waals surface area contributed by atoms with Gasteiger partial charge >= 0.3 is 0 Å². The third-order valence-corrected chi connectivity index (χ3v) is 2.28. The van der Waals surface area contributed by atoms with E-state index in [0.29, 0.717) is 18.0 Å². The Morgan fingerprint density at radius 3 is 2.43 bits per heavy atom. The first-order valence-electron chi connectivity index (χ1n) is 5.18. The zero-order chi connectivity index (χ0) is 10.6. The summed E-state index contributed by atoms with van der Waals surface area (Å²) in [5, 5.41) is 7.61. The van der Waals surface area contributed by atoms with Gasteiger partial charge in [-0.05, 0) is 5.92 Å². The fourth-order valence-electron chi connectivity index (χ4n) is 1.38. The van der Waals surface area contributed by atoms with E-state index in [1.807, 2.05) is 4.68 Å². The molecule has 0 bridgehead atoms. The summed E-state index contributed by atoms with van der Waals surface area (Å²) < 4.78 is 1.93. The van der Waals surface area contributed by atoms with Crippen LogP contribution in [0.4, 0.5) is 0 Å².